The highest BCUT2D eigenvalue weighted by molar-refractivity contribution is 5.60. The summed E-state index contributed by atoms with van der Waals surface area (Å²) in [5.74, 6) is 0. The lowest BCUT2D eigenvalue weighted by Gasteiger charge is -2.09. The molecule has 0 bridgehead atoms. The van der Waals surface area contributed by atoms with Gasteiger partial charge in [0.05, 0.1) is 0 Å². The molecule has 1 heteroatoms. The third-order valence-corrected chi connectivity index (χ3v) is 5.29. The molecular weight excluding hydrogens is 350 g/mol. The van der Waals surface area contributed by atoms with E-state index in [1.165, 1.54) is 22.3 Å². The van der Waals surface area contributed by atoms with Gasteiger partial charge < -0.3 is 5.32 Å². The minimum atomic E-state index is 1.07. The topological polar surface area (TPSA) is 12.0 Å². The van der Waals surface area contributed by atoms with Crippen molar-refractivity contribution in [1.82, 2.24) is 0 Å². The van der Waals surface area contributed by atoms with Crippen LogP contribution < -0.4 is 5.32 Å². The molecule has 0 aromatic heterocycles. The van der Waals surface area contributed by atoms with Crippen molar-refractivity contribution in [1.29, 1.82) is 0 Å². The van der Waals surface area contributed by atoms with Gasteiger partial charge in [0.1, 0.15) is 0 Å². The molecule has 4 aromatic carbocycles. The molecule has 0 aliphatic heterocycles. The van der Waals surface area contributed by atoms with Gasteiger partial charge in [0.2, 0.25) is 0 Å². The van der Waals surface area contributed by atoms with Crippen LogP contribution in [0.2, 0.25) is 0 Å². The number of anilines is 2. The molecule has 4 rings (SSSR count). The van der Waals surface area contributed by atoms with E-state index < -0.39 is 0 Å². The summed E-state index contributed by atoms with van der Waals surface area (Å²) in [6.45, 7) is 0. The predicted molar refractivity (Wildman–Crippen MR) is 124 cm³/mol. The molecule has 144 valence electrons. The van der Waals surface area contributed by atoms with Crippen molar-refractivity contribution in [3.05, 3.63) is 131 Å². The SMILES string of the molecule is c1ccc(CCc2ccc(Nc3ccc(CCc4ccccc4)cc3)cc2)cc1. The van der Waals surface area contributed by atoms with Crippen LogP contribution in [0.1, 0.15) is 22.3 Å². The first-order chi connectivity index (χ1) is 14.3. The fraction of sp³-hybridized carbons (Fsp3) is 0.143. The van der Waals surface area contributed by atoms with Crippen LogP contribution in [0.15, 0.2) is 109 Å². The lowest BCUT2D eigenvalue weighted by molar-refractivity contribution is 0.960. The number of aryl methyl sites for hydroxylation is 4. The van der Waals surface area contributed by atoms with Crippen LogP contribution in [0.5, 0.6) is 0 Å². The summed E-state index contributed by atoms with van der Waals surface area (Å²) in [5, 5.41) is 3.51. The average Bonchev–Trinajstić information content (AvgIpc) is 2.80. The molecule has 0 aliphatic rings. The molecule has 29 heavy (non-hydrogen) atoms. The molecule has 0 saturated heterocycles. The van der Waals surface area contributed by atoms with E-state index in [1.54, 1.807) is 0 Å². The zero-order valence-corrected chi connectivity index (χ0v) is 16.7. The Morgan fingerprint density at radius 1 is 0.345 bits per heavy atom. The second-order valence-corrected chi connectivity index (χ2v) is 7.49. The van der Waals surface area contributed by atoms with Crippen molar-refractivity contribution >= 4 is 11.4 Å². The molecule has 0 amide bonds. The molecular formula is C28H27N. The Bertz CT molecular complexity index is 903. The smallest absolute Gasteiger partial charge is 0.0384 e. The highest BCUT2D eigenvalue weighted by Crippen LogP contribution is 2.19. The molecule has 1 nitrogen and oxygen atoms in total. The molecule has 0 radical (unpaired) electrons. The number of benzene rings is 4. The maximum absolute atomic E-state index is 3.51. The Hall–Kier alpha value is -3.32. The van der Waals surface area contributed by atoms with Gasteiger partial charge in [-0.1, -0.05) is 84.9 Å². The highest BCUT2D eigenvalue weighted by atomic mass is 14.9. The molecule has 0 fully saturated rings. The Morgan fingerprint density at radius 2 is 0.655 bits per heavy atom. The monoisotopic (exact) mass is 377 g/mol. The lowest BCUT2D eigenvalue weighted by Crippen LogP contribution is -1.94. The maximum atomic E-state index is 3.51. The van der Waals surface area contributed by atoms with Gasteiger partial charge in [-0.3, -0.25) is 0 Å². The van der Waals surface area contributed by atoms with Gasteiger partial charge in [0, 0.05) is 11.4 Å². The second kappa shape index (κ2) is 9.75. The third-order valence-electron chi connectivity index (χ3n) is 5.29. The summed E-state index contributed by atoms with van der Waals surface area (Å²) in [6, 6.07) is 38.9. The average molecular weight is 378 g/mol. The normalized spacial score (nSPS) is 10.6. The molecule has 0 unspecified atom stereocenters. The molecule has 0 saturated carbocycles. The molecule has 0 aliphatic carbocycles. The van der Waals surface area contributed by atoms with Gasteiger partial charge in [-0.2, -0.15) is 0 Å². The Kier molecular flexibility index (Phi) is 6.39. The van der Waals surface area contributed by atoms with Gasteiger partial charge >= 0.3 is 0 Å². The Morgan fingerprint density at radius 3 is 1.00 bits per heavy atom. The predicted octanol–water partition coefficient (Wildman–Crippen LogP) is 7.00. The van der Waals surface area contributed by atoms with Crippen molar-refractivity contribution < 1.29 is 0 Å². The summed E-state index contributed by atoms with van der Waals surface area (Å²) in [4.78, 5) is 0. The van der Waals surface area contributed by atoms with Crippen LogP contribution in [0.25, 0.3) is 0 Å². The quantitative estimate of drug-likeness (QED) is 0.348. The van der Waals surface area contributed by atoms with Crippen LogP contribution in [-0.2, 0) is 25.7 Å². The first-order valence-electron chi connectivity index (χ1n) is 10.4. The standard InChI is InChI=1S/C28H27N/c1-3-7-23(8-4-1)11-13-25-15-19-27(20-16-25)29-28-21-17-26(18-22-28)14-12-24-9-5-2-6-10-24/h1-10,15-22,29H,11-14H2. The van der Waals surface area contributed by atoms with Crippen molar-refractivity contribution in [2.45, 2.75) is 25.7 Å². The third kappa shape index (κ3) is 5.83. The van der Waals surface area contributed by atoms with E-state index in [-0.39, 0.29) is 0 Å². The van der Waals surface area contributed by atoms with E-state index in [2.05, 4.69) is 115 Å². The van der Waals surface area contributed by atoms with E-state index in [0.717, 1.165) is 37.1 Å². The Balaban J connectivity index is 1.28. The second-order valence-electron chi connectivity index (χ2n) is 7.49. The minimum Gasteiger partial charge on any atom is -0.356 e. The summed E-state index contributed by atoms with van der Waals surface area (Å²) in [7, 11) is 0. The largest absolute Gasteiger partial charge is 0.356 e. The van der Waals surface area contributed by atoms with Gasteiger partial charge in [0.15, 0.2) is 0 Å². The summed E-state index contributed by atoms with van der Waals surface area (Å²) >= 11 is 0. The number of hydrogen-bond acceptors (Lipinski definition) is 1. The summed E-state index contributed by atoms with van der Waals surface area (Å²) < 4.78 is 0. The first kappa shape index (κ1) is 19.0. The van der Waals surface area contributed by atoms with Crippen LogP contribution in [0.4, 0.5) is 11.4 Å². The van der Waals surface area contributed by atoms with Crippen LogP contribution >= 0.6 is 0 Å². The lowest BCUT2D eigenvalue weighted by atomic mass is 10.0. The Labute approximate surface area is 174 Å². The molecule has 4 aromatic rings. The van der Waals surface area contributed by atoms with E-state index >= 15 is 0 Å². The molecule has 0 heterocycles. The summed E-state index contributed by atoms with van der Waals surface area (Å²) in [5.41, 5.74) is 7.78. The zero-order chi connectivity index (χ0) is 19.7. The van der Waals surface area contributed by atoms with Crippen molar-refractivity contribution in [3.63, 3.8) is 0 Å². The molecule has 0 atom stereocenters. The van der Waals surface area contributed by atoms with Crippen molar-refractivity contribution in [3.8, 4) is 0 Å². The highest BCUT2D eigenvalue weighted by Gasteiger charge is 2.00. The summed E-state index contributed by atoms with van der Waals surface area (Å²) in [6.07, 6.45) is 4.30. The van der Waals surface area contributed by atoms with E-state index in [9.17, 15) is 0 Å². The van der Waals surface area contributed by atoms with E-state index in [1.807, 2.05) is 0 Å². The number of nitrogens with one attached hydrogen (secondary N) is 1. The van der Waals surface area contributed by atoms with Gasteiger partial charge in [-0.15, -0.1) is 0 Å². The van der Waals surface area contributed by atoms with Crippen LogP contribution in [-0.4, -0.2) is 0 Å². The van der Waals surface area contributed by atoms with E-state index in [0.29, 0.717) is 0 Å². The maximum Gasteiger partial charge on any atom is 0.0384 e. The zero-order valence-electron chi connectivity index (χ0n) is 16.7. The fourth-order valence-corrected chi connectivity index (χ4v) is 3.54. The first-order valence-corrected chi connectivity index (χ1v) is 10.4. The fourth-order valence-electron chi connectivity index (χ4n) is 3.54. The van der Waals surface area contributed by atoms with Crippen molar-refractivity contribution in [2.75, 3.05) is 5.32 Å². The van der Waals surface area contributed by atoms with Gasteiger partial charge in [-0.05, 0) is 72.2 Å². The van der Waals surface area contributed by atoms with E-state index in [4.69, 9.17) is 0 Å². The molecule has 1 N–H and O–H groups in total. The minimum absolute atomic E-state index is 1.07. The number of rotatable bonds is 8. The van der Waals surface area contributed by atoms with Crippen LogP contribution in [0.3, 0.4) is 0 Å². The van der Waals surface area contributed by atoms with Crippen LogP contribution in [0, 0.1) is 0 Å². The van der Waals surface area contributed by atoms with Crippen molar-refractivity contribution in [2.24, 2.45) is 0 Å². The van der Waals surface area contributed by atoms with Gasteiger partial charge in [-0.25, -0.2) is 0 Å². The molecule has 0 spiro atoms. The number of hydrogen-bond donors (Lipinski definition) is 1. The van der Waals surface area contributed by atoms with Gasteiger partial charge in [0.25, 0.3) is 0 Å².